The zero-order valence-corrected chi connectivity index (χ0v) is 10.6. The Morgan fingerprint density at radius 3 is 2.74 bits per heavy atom. The summed E-state index contributed by atoms with van der Waals surface area (Å²) in [5, 5.41) is 10.2. The average Bonchev–Trinajstić information content (AvgIpc) is 2.73. The number of hydrogen-bond donors (Lipinski definition) is 1. The summed E-state index contributed by atoms with van der Waals surface area (Å²) >= 11 is 0. The maximum absolute atomic E-state index is 13.9. The van der Waals surface area contributed by atoms with E-state index in [0.29, 0.717) is 12.0 Å². The second-order valence-electron chi connectivity index (χ2n) is 4.89. The Hall–Kier alpha value is -1.87. The molecule has 2 nitrogen and oxygen atoms in total. The lowest BCUT2D eigenvalue weighted by atomic mass is 10.1. The van der Waals surface area contributed by atoms with Gasteiger partial charge in [0.1, 0.15) is 12.2 Å². The van der Waals surface area contributed by atoms with Crippen molar-refractivity contribution in [3.05, 3.63) is 65.0 Å². The monoisotopic (exact) mass is 258 g/mol. The highest BCUT2D eigenvalue weighted by atomic mass is 19.1. The second kappa shape index (κ2) is 4.67. The lowest BCUT2D eigenvalue weighted by Crippen LogP contribution is -2.22. The van der Waals surface area contributed by atoms with Crippen molar-refractivity contribution in [1.82, 2.24) is 0 Å². The molecule has 1 aliphatic carbocycles. The van der Waals surface area contributed by atoms with Gasteiger partial charge in [0.15, 0.2) is 11.6 Å². The van der Waals surface area contributed by atoms with Crippen LogP contribution in [0.2, 0.25) is 0 Å². The first-order chi connectivity index (χ1) is 9.16. The van der Waals surface area contributed by atoms with E-state index in [1.807, 2.05) is 24.3 Å². The van der Waals surface area contributed by atoms with Gasteiger partial charge < -0.3 is 9.84 Å². The molecule has 1 aliphatic rings. The highest BCUT2D eigenvalue weighted by Crippen LogP contribution is 2.34. The van der Waals surface area contributed by atoms with Crippen LogP contribution in [-0.2, 0) is 6.42 Å². The molecule has 0 bridgehead atoms. The van der Waals surface area contributed by atoms with Gasteiger partial charge in [-0.3, -0.25) is 0 Å². The molecule has 2 aromatic carbocycles. The van der Waals surface area contributed by atoms with Crippen LogP contribution in [0.15, 0.2) is 42.5 Å². The molecule has 3 rings (SSSR count). The second-order valence-corrected chi connectivity index (χ2v) is 4.89. The smallest absolute Gasteiger partial charge is 0.167 e. The summed E-state index contributed by atoms with van der Waals surface area (Å²) in [5.41, 5.74) is 2.48. The highest BCUT2D eigenvalue weighted by molar-refractivity contribution is 5.37. The molecule has 0 saturated heterocycles. The molecule has 0 heterocycles. The van der Waals surface area contributed by atoms with Gasteiger partial charge in [-0.25, -0.2) is 4.39 Å². The standard InChI is InChI=1S/C16H15FO2/c1-10-5-4-8-13(15(10)17)19-14-9-11-6-2-3-7-12(11)16(14)18/h2-8,14,16,18H,9H2,1H3. The van der Waals surface area contributed by atoms with E-state index < -0.39 is 12.2 Å². The fourth-order valence-electron chi connectivity index (χ4n) is 2.52. The summed E-state index contributed by atoms with van der Waals surface area (Å²) in [7, 11) is 0. The summed E-state index contributed by atoms with van der Waals surface area (Å²) < 4.78 is 19.6. The average molecular weight is 258 g/mol. The molecule has 0 saturated carbocycles. The van der Waals surface area contributed by atoms with E-state index in [2.05, 4.69) is 0 Å². The molecule has 19 heavy (non-hydrogen) atoms. The normalized spacial score (nSPS) is 21.2. The van der Waals surface area contributed by atoms with Gasteiger partial charge in [-0.1, -0.05) is 36.4 Å². The molecular formula is C16H15FO2. The van der Waals surface area contributed by atoms with Crippen LogP contribution >= 0.6 is 0 Å². The van der Waals surface area contributed by atoms with Crippen molar-refractivity contribution in [2.24, 2.45) is 0 Å². The third kappa shape index (κ3) is 2.10. The number of hydrogen-bond acceptors (Lipinski definition) is 2. The first kappa shape index (κ1) is 12.2. The maximum atomic E-state index is 13.9. The molecule has 0 aliphatic heterocycles. The number of aryl methyl sites for hydroxylation is 1. The van der Waals surface area contributed by atoms with E-state index in [1.54, 1.807) is 25.1 Å². The molecule has 0 radical (unpaired) electrons. The van der Waals surface area contributed by atoms with Gasteiger partial charge in [0.05, 0.1) is 0 Å². The van der Waals surface area contributed by atoms with Gasteiger partial charge in [-0.2, -0.15) is 0 Å². The Morgan fingerprint density at radius 2 is 1.95 bits per heavy atom. The summed E-state index contributed by atoms with van der Waals surface area (Å²) in [5.74, 6) is -0.150. The Balaban J connectivity index is 1.85. The summed E-state index contributed by atoms with van der Waals surface area (Å²) in [4.78, 5) is 0. The van der Waals surface area contributed by atoms with Crippen LogP contribution in [0.3, 0.4) is 0 Å². The van der Waals surface area contributed by atoms with Crippen LogP contribution in [0.1, 0.15) is 22.8 Å². The third-order valence-electron chi connectivity index (χ3n) is 3.58. The van der Waals surface area contributed by atoms with Crippen molar-refractivity contribution < 1.29 is 14.2 Å². The molecule has 3 heteroatoms. The van der Waals surface area contributed by atoms with Crippen molar-refractivity contribution >= 4 is 0 Å². The van der Waals surface area contributed by atoms with E-state index in [4.69, 9.17) is 4.74 Å². The van der Waals surface area contributed by atoms with Crippen molar-refractivity contribution in [3.8, 4) is 5.75 Å². The molecule has 0 spiro atoms. The van der Waals surface area contributed by atoms with E-state index >= 15 is 0 Å². The van der Waals surface area contributed by atoms with Crippen LogP contribution in [0.25, 0.3) is 0 Å². The summed E-state index contributed by atoms with van der Waals surface area (Å²) in [6.07, 6.45) is -0.519. The van der Waals surface area contributed by atoms with Gasteiger partial charge in [0.2, 0.25) is 0 Å². The van der Waals surface area contributed by atoms with E-state index in [-0.39, 0.29) is 11.6 Å². The van der Waals surface area contributed by atoms with Crippen LogP contribution in [0.5, 0.6) is 5.75 Å². The van der Waals surface area contributed by atoms with Crippen LogP contribution < -0.4 is 4.74 Å². The van der Waals surface area contributed by atoms with Crippen molar-refractivity contribution in [3.63, 3.8) is 0 Å². The molecular weight excluding hydrogens is 243 g/mol. The number of aliphatic hydroxyl groups excluding tert-OH is 1. The number of rotatable bonds is 2. The van der Waals surface area contributed by atoms with Crippen molar-refractivity contribution in [1.29, 1.82) is 0 Å². The third-order valence-corrected chi connectivity index (χ3v) is 3.58. The number of benzene rings is 2. The molecule has 2 aromatic rings. The number of aliphatic hydroxyl groups is 1. The quantitative estimate of drug-likeness (QED) is 0.896. The zero-order valence-electron chi connectivity index (χ0n) is 10.6. The zero-order chi connectivity index (χ0) is 13.4. The topological polar surface area (TPSA) is 29.5 Å². The SMILES string of the molecule is Cc1cccc(OC2Cc3ccccc3C2O)c1F. The van der Waals surface area contributed by atoms with Crippen molar-refractivity contribution in [2.45, 2.75) is 25.6 Å². The largest absolute Gasteiger partial charge is 0.484 e. The fourth-order valence-corrected chi connectivity index (χ4v) is 2.52. The predicted octanol–water partition coefficient (Wildman–Crippen LogP) is 3.17. The van der Waals surface area contributed by atoms with E-state index in [9.17, 15) is 9.50 Å². The molecule has 98 valence electrons. The Morgan fingerprint density at radius 1 is 1.16 bits per heavy atom. The predicted molar refractivity (Wildman–Crippen MR) is 70.7 cm³/mol. The highest BCUT2D eigenvalue weighted by Gasteiger charge is 2.32. The molecule has 1 N–H and O–H groups in total. The van der Waals surface area contributed by atoms with E-state index in [1.165, 1.54) is 0 Å². The molecule has 0 fully saturated rings. The van der Waals surface area contributed by atoms with Crippen LogP contribution in [0.4, 0.5) is 4.39 Å². The molecule has 0 amide bonds. The maximum Gasteiger partial charge on any atom is 0.167 e. The lowest BCUT2D eigenvalue weighted by Gasteiger charge is -2.18. The van der Waals surface area contributed by atoms with Crippen LogP contribution in [-0.4, -0.2) is 11.2 Å². The minimum absolute atomic E-state index is 0.205. The van der Waals surface area contributed by atoms with Crippen molar-refractivity contribution in [2.75, 3.05) is 0 Å². The first-order valence-corrected chi connectivity index (χ1v) is 6.34. The fraction of sp³-hybridized carbons (Fsp3) is 0.250. The van der Waals surface area contributed by atoms with Crippen LogP contribution in [0, 0.1) is 12.7 Å². The minimum Gasteiger partial charge on any atom is -0.484 e. The molecule has 2 unspecified atom stereocenters. The summed E-state index contributed by atoms with van der Waals surface area (Å²) in [6.45, 7) is 1.70. The number of halogens is 1. The Bertz CT molecular complexity index is 609. The molecule has 0 aromatic heterocycles. The van der Waals surface area contributed by atoms with Gasteiger partial charge in [0.25, 0.3) is 0 Å². The number of fused-ring (bicyclic) bond motifs is 1. The van der Waals surface area contributed by atoms with Gasteiger partial charge in [-0.05, 0) is 29.7 Å². The number of ether oxygens (including phenoxy) is 1. The Kier molecular flexibility index (Phi) is 2.99. The first-order valence-electron chi connectivity index (χ1n) is 6.34. The lowest BCUT2D eigenvalue weighted by molar-refractivity contribution is 0.0468. The summed E-state index contributed by atoms with van der Waals surface area (Å²) in [6, 6.07) is 12.7. The Labute approximate surface area is 111 Å². The minimum atomic E-state index is -0.698. The van der Waals surface area contributed by atoms with Gasteiger partial charge >= 0.3 is 0 Å². The van der Waals surface area contributed by atoms with Gasteiger partial charge in [-0.15, -0.1) is 0 Å². The molecule has 2 atom stereocenters. The van der Waals surface area contributed by atoms with E-state index in [0.717, 1.165) is 11.1 Å². The van der Waals surface area contributed by atoms with Gasteiger partial charge in [0, 0.05) is 6.42 Å².